The molecule has 0 aliphatic rings. The first kappa shape index (κ1) is 17.6. The minimum absolute atomic E-state index is 0.281. The smallest absolute Gasteiger partial charge is 0.337 e. The maximum atomic E-state index is 11.4. The van der Waals surface area contributed by atoms with Crippen LogP contribution in [0.1, 0.15) is 29.4 Å². The Balaban J connectivity index is 2.00. The lowest BCUT2D eigenvalue weighted by Gasteiger charge is -2.15. The topological polar surface area (TPSA) is 62.7 Å². The molecule has 6 heteroatoms. The lowest BCUT2D eigenvalue weighted by atomic mass is 10.1. The number of ether oxygens (including phenoxy) is 1. The van der Waals surface area contributed by atoms with Crippen molar-refractivity contribution in [2.75, 3.05) is 20.7 Å². The summed E-state index contributed by atoms with van der Waals surface area (Å²) < 4.78 is 4.69. The quantitative estimate of drug-likeness (QED) is 0.789. The van der Waals surface area contributed by atoms with E-state index in [4.69, 9.17) is 4.74 Å². The molecule has 1 N–H and O–H groups in total. The van der Waals surface area contributed by atoms with Crippen molar-refractivity contribution < 1.29 is 14.6 Å². The molecule has 5 nitrogen and oxygen atoms in total. The minimum Gasteiger partial charge on any atom is -0.465 e. The van der Waals surface area contributed by atoms with Crippen LogP contribution in [-0.4, -0.2) is 47.8 Å². The van der Waals surface area contributed by atoms with Gasteiger partial charge in [-0.2, -0.15) is 0 Å². The van der Waals surface area contributed by atoms with Gasteiger partial charge in [0.1, 0.15) is 5.01 Å². The number of esters is 1. The molecule has 1 aromatic heterocycles. The molecule has 0 saturated heterocycles. The lowest BCUT2D eigenvalue weighted by molar-refractivity contribution is 0.0600. The number of aliphatic hydroxyl groups excluding tert-OH is 1. The van der Waals surface area contributed by atoms with Crippen LogP contribution < -0.4 is 0 Å². The number of carbonyl (C=O) groups excluding carboxylic acids is 1. The zero-order valence-corrected chi connectivity index (χ0v) is 14.5. The second kappa shape index (κ2) is 8.19. The Morgan fingerprint density at radius 2 is 2.09 bits per heavy atom. The number of rotatable bonds is 7. The molecule has 1 heterocycles. The molecule has 1 unspecified atom stereocenters. The van der Waals surface area contributed by atoms with Crippen LogP contribution >= 0.6 is 11.3 Å². The SMILES string of the molecule is COC(=O)c1ccc(-c2nc(CN(C)CCC(C)O)cs2)cc1. The van der Waals surface area contributed by atoms with Gasteiger partial charge >= 0.3 is 5.97 Å². The van der Waals surface area contributed by atoms with Gasteiger partial charge in [0, 0.05) is 24.0 Å². The third kappa shape index (κ3) is 5.13. The largest absolute Gasteiger partial charge is 0.465 e. The molecular formula is C17H22N2O3S. The van der Waals surface area contributed by atoms with Crippen molar-refractivity contribution in [3.05, 3.63) is 40.9 Å². The predicted molar refractivity (Wildman–Crippen MR) is 91.5 cm³/mol. The van der Waals surface area contributed by atoms with Gasteiger partial charge in [-0.05, 0) is 32.5 Å². The van der Waals surface area contributed by atoms with Gasteiger partial charge in [0.05, 0.1) is 24.5 Å². The van der Waals surface area contributed by atoms with E-state index in [0.717, 1.165) is 35.8 Å². The number of aromatic nitrogens is 1. The molecule has 0 bridgehead atoms. The van der Waals surface area contributed by atoms with E-state index in [9.17, 15) is 9.90 Å². The van der Waals surface area contributed by atoms with E-state index in [0.29, 0.717) is 5.56 Å². The number of carbonyl (C=O) groups is 1. The van der Waals surface area contributed by atoms with Gasteiger partial charge in [0.25, 0.3) is 0 Å². The molecule has 0 saturated carbocycles. The maximum Gasteiger partial charge on any atom is 0.337 e. The van der Waals surface area contributed by atoms with Crippen LogP contribution in [0.4, 0.5) is 0 Å². The Kier molecular flexibility index (Phi) is 6.27. The summed E-state index contributed by atoms with van der Waals surface area (Å²) in [6, 6.07) is 7.26. The molecule has 0 amide bonds. The number of methoxy groups -OCH3 is 1. The zero-order valence-electron chi connectivity index (χ0n) is 13.7. The van der Waals surface area contributed by atoms with Crippen LogP contribution in [0.15, 0.2) is 29.6 Å². The minimum atomic E-state index is -0.337. The fourth-order valence-electron chi connectivity index (χ4n) is 2.14. The van der Waals surface area contributed by atoms with Crippen molar-refractivity contribution in [2.45, 2.75) is 26.0 Å². The third-order valence-electron chi connectivity index (χ3n) is 3.47. The summed E-state index contributed by atoms with van der Waals surface area (Å²) in [7, 11) is 3.39. The van der Waals surface area contributed by atoms with E-state index in [2.05, 4.69) is 9.88 Å². The summed E-state index contributed by atoms with van der Waals surface area (Å²) in [6.45, 7) is 3.38. The normalized spacial score (nSPS) is 12.4. The standard InChI is InChI=1S/C17H22N2O3S/c1-12(20)8-9-19(2)10-15-11-23-16(18-15)13-4-6-14(7-5-13)17(21)22-3/h4-7,11-12,20H,8-10H2,1-3H3. The highest BCUT2D eigenvalue weighted by molar-refractivity contribution is 7.13. The molecule has 23 heavy (non-hydrogen) atoms. The number of hydrogen-bond acceptors (Lipinski definition) is 6. The van der Waals surface area contributed by atoms with Crippen LogP contribution in [0, 0.1) is 0 Å². The summed E-state index contributed by atoms with van der Waals surface area (Å²) in [5.74, 6) is -0.337. The fraction of sp³-hybridized carbons (Fsp3) is 0.412. The van der Waals surface area contributed by atoms with Crippen LogP contribution in [0.5, 0.6) is 0 Å². The first-order valence-electron chi connectivity index (χ1n) is 7.49. The molecule has 1 atom stereocenters. The molecule has 1 aromatic carbocycles. The van der Waals surface area contributed by atoms with E-state index in [1.807, 2.05) is 24.6 Å². The molecule has 0 spiro atoms. The van der Waals surface area contributed by atoms with Crippen molar-refractivity contribution in [2.24, 2.45) is 0 Å². The van der Waals surface area contributed by atoms with Crippen LogP contribution in [0.3, 0.4) is 0 Å². The zero-order chi connectivity index (χ0) is 16.8. The molecule has 0 radical (unpaired) electrons. The van der Waals surface area contributed by atoms with Gasteiger partial charge in [0.2, 0.25) is 0 Å². The van der Waals surface area contributed by atoms with Gasteiger partial charge in [-0.15, -0.1) is 11.3 Å². The van der Waals surface area contributed by atoms with E-state index < -0.39 is 0 Å². The van der Waals surface area contributed by atoms with E-state index in [-0.39, 0.29) is 12.1 Å². The highest BCUT2D eigenvalue weighted by atomic mass is 32.1. The third-order valence-corrected chi connectivity index (χ3v) is 4.41. The first-order chi connectivity index (χ1) is 11.0. The van der Waals surface area contributed by atoms with Crippen molar-refractivity contribution >= 4 is 17.3 Å². The molecule has 0 fully saturated rings. The fourth-order valence-corrected chi connectivity index (χ4v) is 2.96. The second-order valence-corrected chi connectivity index (χ2v) is 6.45. The Bertz CT molecular complexity index is 638. The maximum absolute atomic E-state index is 11.4. The Hall–Kier alpha value is -1.76. The first-order valence-corrected chi connectivity index (χ1v) is 8.37. The van der Waals surface area contributed by atoms with Crippen LogP contribution in [0.25, 0.3) is 10.6 Å². The van der Waals surface area contributed by atoms with Crippen LogP contribution in [-0.2, 0) is 11.3 Å². The molecule has 2 rings (SSSR count). The number of nitrogens with zero attached hydrogens (tertiary/aromatic N) is 2. The summed E-state index contributed by atoms with van der Waals surface area (Å²) in [5, 5.41) is 12.3. The number of hydrogen-bond donors (Lipinski definition) is 1. The average Bonchev–Trinajstić information content (AvgIpc) is 3.00. The van der Waals surface area contributed by atoms with Crippen molar-refractivity contribution in [3.8, 4) is 10.6 Å². The lowest BCUT2D eigenvalue weighted by Crippen LogP contribution is -2.22. The summed E-state index contributed by atoms with van der Waals surface area (Å²) in [6.07, 6.45) is 0.472. The van der Waals surface area contributed by atoms with Crippen molar-refractivity contribution in [1.29, 1.82) is 0 Å². The van der Waals surface area contributed by atoms with Gasteiger partial charge in [-0.1, -0.05) is 12.1 Å². The molecule has 124 valence electrons. The highest BCUT2D eigenvalue weighted by Crippen LogP contribution is 2.24. The number of aliphatic hydroxyl groups is 1. The van der Waals surface area contributed by atoms with Gasteiger partial charge in [-0.25, -0.2) is 9.78 Å². The summed E-state index contributed by atoms with van der Waals surface area (Å²) >= 11 is 1.59. The highest BCUT2D eigenvalue weighted by Gasteiger charge is 2.10. The summed E-state index contributed by atoms with van der Waals surface area (Å²) in [4.78, 5) is 18.2. The monoisotopic (exact) mass is 334 g/mol. The molecule has 0 aliphatic carbocycles. The van der Waals surface area contributed by atoms with Crippen LogP contribution in [0.2, 0.25) is 0 Å². The Labute approximate surface area is 140 Å². The number of benzene rings is 1. The molecular weight excluding hydrogens is 312 g/mol. The molecule has 0 aliphatic heterocycles. The summed E-state index contributed by atoms with van der Waals surface area (Å²) in [5.41, 5.74) is 2.53. The second-order valence-electron chi connectivity index (χ2n) is 5.59. The van der Waals surface area contributed by atoms with Gasteiger partial charge < -0.3 is 14.7 Å². The predicted octanol–water partition coefficient (Wildman–Crippen LogP) is 2.80. The number of thiazole rings is 1. The Morgan fingerprint density at radius 1 is 1.39 bits per heavy atom. The van der Waals surface area contributed by atoms with Crippen molar-refractivity contribution in [1.82, 2.24) is 9.88 Å². The van der Waals surface area contributed by atoms with E-state index >= 15 is 0 Å². The molecule has 2 aromatic rings. The van der Waals surface area contributed by atoms with Gasteiger partial charge in [0.15, 0.2) is 0 Å². The van der Waals surface area contributed by atoms with E-state index in [1.165, 1.54) is 7.11 Å². The average molecular weight is 334 g/mol. The Morgan fingerprint density at radius 3 is 2.70 bits per heavy atom. The van der Waals surface area contributed by atoms with Crippen molar-refractivity contribution in [3.63, 3.8) is 0 Å². The van der Waals surface area contributed by atoms with E-state index in [1.54, 1.807) is 30.4 Å². The van der Waals surface area contributed by atoms with Gasteiger partial charge in [-0.3, -0.25) is 0 Å².